The van der Waals surface area contributed by atoms with Crippen molar-refractivity contribution in [3.05, 3.63) is 16.9 Å². The van der Waals surface area contributed by atoms with Crippen molar-refractivity contribution in [3.63, 3.8) is 0 Å². The van der Waals surface area contributed by atoms with Gasteiger partial charge >= 0.3 is 0 Å². The van der Waals surface area contributed by atoms with Crippen molar-refractivity contribution in [2.75, 3.05) is 5.32 Å². The third-order valence-corrected chi connectivity index (χ3v) is 5.13. The summed E-state index contributed by atoms with van der Waals surface area (Å²) in [4.78, 5) is 9.13. The lowest BCUT2D eigenvalue weighted by Gasteiger charge is -2.27. The molecule has 0 aromatic carbocycles. The maximum atomic E-state index is 9.69. The van der Waals surface area contributed by atoms with Crippen LogP contribution >= 0.6 is 15.9 Å². The molecule has 0 spiro atoms. The molecule has 21 heavy (non-hydrogen) atoms. The molecule has 0 atom stereocenters. The van der Waals surface area contributed by atoms with Crippen LogP contribution in [0.1, 0.15) is 44.6 Å². The summed E-state index contributed by atoms with van der Waals surface area (Å²) in [6, 6.07) is 0.977. The first kappa shape index (κ1) is 13.5. The van der Waals surface area contributed by atoms with Crippen LogP contribution in [0.5, 0.6) is 0 Å². The van der Waals surface area contributed by atoms with Crippen molar-refractivity contribution in [3.8, 4) is 0 Å². The molecule has 112 valence electrons. The van der Waals surface area contributed by atoms with Crippen molar-refractivity contribution in [2.45, 2.75) is 56.7 Å². The highest BCUT2D eigenvalue weighted by Crippen LogP contribution is 2.35. The van der Waals surface area contributed by atoms with E-state index < -0.39 is 0 Å². The van der Waals surface area contributed by atoms with Gasteiger partial charge in [-0.05, 0) is 54.5 Å². The molecule has 2 heterocycles. The Kier molecular flexibility index (Phi) is 3.38. The smallest absolute Gasteiger partial charge is 0.224 e. The Labute approximate surface area is 131 Å². The van der Waals surface area contributed by atoms with E-state index in [9.17, 15) is 5.11 Å². The number of hydrogen-bond donors (Lipinski definition) is 2. The third-order valence-electron chi connectivity index (χ3n) is 4.49. The molecule has 4 rings (SSSR count). The molecular weight excluding hydrogens is 332 g/mol. The maximum absolute atomic E-state index is 9.69. The van der Waals surface area contributed by atoms with E-state index in [1.54, 1.807) is 0 Å². The predicted molar refractivity (Wildman–Crippen MR) is 85.4 cm³/mol. The minimum Gasteiger partial charge on any atom is -0.393 e. The van der Waals surface area contributed by atoms with Gasteiger partial charge in [0.15, 0.2) is 0 Å². The Morgan fingerprint density at radius 2 is 1.95 bits per heavy atom. The molecule has 2 aromatic heterocycles. The van der Waals surface area contributed by atoms with E-state index in [1.807, 2.05) is 6.20 Å². The van der Waals surface area contributed by atoms with Crippen LogP contribution in [0.4, 0.5) is 5.95 Å². The van der Waals surface area contributed by atoms with Crippen LogP contribution in [0.2, 0.25) is 0 Å². The molecule has 2 fully saturated rings. The number of nitrogens with one attached hydrogen (secondary N) is 1. The lowest BCUT2D eigenvalue weighted by atomic mass is 9.93. The molecular formula is C15H19BrN4O. The Bertz CT molecular complexity index is 659. The van der Waals surface area contributed by atoms with E-state index in [0.717, 1.165) is 47.1 Å². The molecule has 2 aliphatic carbocycles. The van der Waals surface area contributed by atoms with E-state index in [0.29, 0.717) is 12.1 Å². The van der Waals surface area contributed by atoms with Crippen molar-refractivity contribution in [2.24, 2.45) is 0 Å². The Balaban J connectivity index is 1.69. The summed E-state index contributed by atoms with van der Waals surface area (Å²) in [6.07, 6.45) is 10.1. The van der Waals surface area contributed by atoms with Crippen LogP contribution in [-0.4, -0.2) is 31.8 Å². The van der Waals surface area contributed by atoms with Gasteiger partial charge in [0.05, 0.1) is 11.5 Å². The minimum atomic E-state index is -0.131. The monoisotopic (exact) mass is 350 g/mol. The predicted octanol–water partition coefficient (Wildman–Crippen LogP) is 3.24. The molecule has 0 bridgehead atoms. The molecule has 0 unspecified atom stereocenters. The number of nitrogens with zero attached hydrogens (tertiary/aromatic N) is 3. The zero-order valence-electron chi connectivity index (χ0n) is 11.8. The number of aromatic nitrogens is 3. The minimum absolute atomic E-state index is 0.131. The van der Waals surface area contributed by atoms with Gasteiger partial charge in [0.2, 0.25) is 5.95 Å². The summed E-state index contributed by atoms with van der Waals surface area (Å²) >= 11 is 3.61. The molecule has 2 N–H and O–H groups in total. The highest BCUT2D eigenvalue weighted by Gasteiger charge is 2.25. The molecule has 2 saturated carbocycles. The fraction of sp³-hybridized carbons (Fsp3) is 0.600. The van der Waals surface area contributed by atoms with Crippen LogP contribution < -0.4 is 5.32 Å². The fourth-order valence-electron chi connectivity index (χ4n) is 3.09. The summed E-state index contributed by atoms with van der Waals surface area (Å²) in [7, 11) is 0. The number of halogens is 1. The van der Waals surface area contributed by atoms with E-state index >= 15 is 0 Å². The maximum Gasteiger partial charge on any atom is 0.224 e. The van der Waals surface area contributed by atoms with E-state index in [4.69, 9.17) is 4.98 Å². The molecule has 0 saturated heterocycles. The first-order chi connectivity index (χ1) is 10.2. The highest BCUT2D eigenvalue weighted by atomic mass is 79.9. The van der Waals surface area contributed by atoms with Gasteiger partial charge in [-0.3, -0.25) is 0 Å². The molecule has 2 aliphatic rings. The average Bonchev–Trinajstić information content (AvgIpc) is 3.23. The number of aliphatic hydroxyl groups is 1. The standard InChI is InChI=1S/C15H19BrN4O/c16-13-8-20(10-3-5-11(21)6-4-10)14-12(13)7-17-15(19-14)18-9-1-2-9/h7-11,21H,1-6H2,(H,17,18,19)/t10-,11-. The largest absolute Gasteiger partial charge is 0.393 e. The molecule has 5 nitrogen and oxygen atoms in total. The van der Waals surface area contributed by atoms with Gasteiger partial charge in [-0.25, -0.2) is 4.98 Å². The van der Waals surface area contributed by atoms with Crippen molar-refractivity contribution in [1.29, 1.82) is 0 Å². The normalized spacial score (nSPS) is 26.2. The third kappa shape index (κ3) is 2.66. The van der Waals surface area contributed by atoms with Crippen molar-refractivity contribution < 1.29 is 5.11 Å². The molecule has 0 amide bonds. The number of rotatable bonds is 3. The number of hydrogen-bond acceptors (Lipinski definition) is 4. The van der Waals surface area contributed by atoms with Crippen LogP contribution in [0.15, 0.2) is 16.9 Å². The van der Waals surface area contributed by atoms with Crippen LogP contribution in [0, 0.1) is 0 Å². The second-order valence-corrected chi connectivity index (χ2v) is 7.05. The van der Waals surface area contributed by atoms with E-state index in [2.05, 4.69) is 37.0 Å². The molecule has 2 aromatic rings. The SMILES string of the molecule is O[C@H]1CC[C@H](n2cc(Br)c3cnc(NC4CC4)nc32)CC1. The van der Waals surface area contributed by atoms with Gasteiger partial charge in [0.25, 0.3) is 0 Å². The quantitative estimate of drug-likeness (QED) is 0.891. The van der Waals surface area contributed by atoms with Gasteiger partial charge < -0.3 is 15.0 Å². The Morgan fingerprint density at radius 1 is 1.19 bits per heavy atom. The summed E-state index contributed by atoms with van der Waals surface area (Å²) < 4.78 is 3.30. The van der Waals surface area contributed by atoms with Gasteiger partial charge in [-0.1, -0.05) is 0 Å². The van der Waals surface area contributed by atoms with Gasteiger partial charge in [0, 0.05) is 29.0 Å². The zero-order chi connectivity index (χ0) is 14.4. The summed E-state index contributed by atoms with van der Waals surface area (Å²) in [5.41, 5.74) is 0.987. The van der Waals surface area contributed by atoms with Gasteiger partial charge in [0.1, 0.15) is 5.65 Å². The number of fused-ring (bicyclic) bond motifs is 1. The molecule has 6 heteroatoms. The zero-order valence-corrected chi connectivity index (χ0v) is 13.4. The summed E-state index contributed by atoms with van der Waals surface area (Å²) in [6.45, 7) is 0. The van der Waals surface area contributed by atoms with Crippen LogP contribution in [-0.2, 0) is 0 Å². The van der Waals surface area contributed by atoms with Gasteiger partial charge in [-0.2, -0.15) is 4.98 Å². The number of aliphatic hydroxyl groups excluding tert-OH is 1. The fourth-order valence-corrected chi connectivity index (χ4v) is 3.59. The molecule has 0 aliphatic heterocycles. The van der Waals surface area contributed by atoms with Crippen LogP contribution in [0.25, 0.3) is 11.0 Å². The van der Waals surface area contributed by atoms with Crippen molar-refractivity contribution >= 4 is 32.9 Å². The van der Waals surface area contributed by atoms with E-state index in [1.165, 1.54) is 12.8 Å². The second-order valence-electron chi connectivity index (χ2n) is 6.20. The summed E-state index contributed by atoms with van der Waals surface area (Å²) in [5, 5.41) is 14.1. The lowest BCUT2D eigenvalue weighted by molar-refractivity contribution is 0.111. The first-order valence-corrected chi connectivity index (χ1v) is 8.47. The first-order valence-electron chi connectivity index (χ1n) is 7.68. The van der Waals surface area contributed by atoms with Crippen LogP contribution in [0.3, 0.4) is 0 Å². The molecule has 0 radical (unpaired) electrons. The Morgan fingerprint density at radius 3 is 2.67 bits per heavy atom. The van der Waals surface area contributed by atoms with Crippen molar-refractivity contribution in [1.82, 2.24) is 14.5 Å². The average molecular weight is 351 g/mol. The second kappa shape index (κ2) is 5.25. The highest BCUT2D eigenvalue weighted by molar-refractivity contribution is 9.10. The Hall–Kier alpha value is -1.14. The summed E-state index contributed by atoms with van der Waals surface area (Å²) in [5.74, 6) is 0.729. The van der Waals surface area contributed by atoms with Gasteiger partial charge in [-0.15, -0.1) is 0 Å². The topological polar surface area (TPSA) is 63.0 Å². The lowest BCUT2D eigenvalue weighted by Crippen LogP contribution is -2.21. The number of anilines is 1. The van der Waals surface area contributed by atoms with E-state index in [-0.39, 0.29) is 6.10 Å².